The summed E-state index contributed by atoms with van der Waals surface area (Å²) in [5.41, 5.74) is 0. The standard InChI is InChI=1S/HNO2.Na.H3O4P/c2-1-3;;1-5(2,3)4/h(H,2,3);;(H3,1,2,3,4)/q;+1;/p-1. The summed E-state index contributed by atoms with van der Waals surface area (Å²) in [7, 11) is -4.64. The molecule has 0 heterocycles. The Morgan fingerprint density at radius 2 is 1.33 bits per heavy atom. The topological polar surface area (TPSA) is 130 Å². The summed E-state index contributed by atoms with van der Waals surface area (Å²) in [5, 5.41) is 9.00. The van der Waals surface area contributed by atoms with Gasteiger partial charge in [0.1, 0.15) is 0 Å². The fraction of sp³-hybridized carbons (Fsp3) is 0. The molecule has 0 saturated carbocycles. The fourth-order valence-electron chi connectivity index (χ4n) is 0. The van der Waals surface area contributed by atoms with Gasteiger partial charge in [0.2, 0.25) is 0 Å². The Kier molecular flexibility index (Phi) is 15.4. The van der Waals surface area contributed by atoms with Gasteiger partial charge in [0.25, 0.3) is 0 Å². The number of rotatable bonds is 0. The second-order valence-electron chi connectivity index (χ2n) is 0.588. The zero-order valence-electron chi connectivity index (χ0n) is 4.46. The van der Waals surface area contributed by atoms with Crippen LogP contribution in [0.5, 0.6) is 0 Å². The van der Waals surface area contributed by atoms with Gasteiger partial charge in [-0.15, -0.1) is 5.34 Å². The molecular formula is H3NNaO6P. The molecule has 7 nitrogen and oxygen atoms in total. The van der Waals surface area contributed by atoms with Gasteiger partial charge in [0.05, 0.1) is 0 Å². The molecule has 9 heteroatoms. The van der Waals surface area contributed by atoms with Crippen molar-refractivity contribution in [1.82, 2.24) is 0 Å². The summed E-state index contributed by atoms with van der Waals surface area (Å²) in [6.07, 6.45) is 0. The second-order valence-corrected chi connectivity index (χ2v) is 1.61. The van der Waals surface area contributed by atoms with Gasteiger partial charge in [-0.1, -0.05) is 0 Å². The van der Waals surface area contributed by atoms with E-state index >= 15 is 0 Å². The van der Waals surface area contributed by atoms with Crippen LogP contribution >= 0.6 is 7.82 Å². The quantitative estimate of drug-likeness (QED) is 0.147. The van der Waals surface area contributed by atoms with Gasteiger partial charge < -0.3 is 24.8 Å². The molecule has 0 aliphatic rings. The van der Waals surface area contributed by atoms with Gasteiger partial charge >= 0.3 is 37.4 Å². The first-order chi connectivity index (χ1) is 3.41. The van der Waals surface area contributed by atoms with Crippen molar-refractivity contribution in [3.05, 3.63) is 10.1 Å². The van der Waals surface area contributed by atoms with E-state index in [0.717, 1.165) is 5.34 Å². The summed E-state index contributed by atoms with van der Waals surface area (Å²) in [4.78, 5) is 29.6. The van der Waals surface area contributed by atoms with Crippen LogP contribution in [0.3, 0.4) is 0 Å². The maximum atomic E-state index is 8.88. The van der Waals surface area contributed by atoms with E-state index in [9.17, 15) is 0 Å². The van der Waals surface area contributed by atoms with Crippen LogP contribution in [0.1, 0.15) is 0 Å². The third-order valence-electron chi connectivity index (χ3n) is 0. The van der Waals surface area contributed by atoms with Crippen LogP contribution in [-0.4, -0.2) is 14.7 Å². The summed E-state index contributed by atoms with van der Waals surface area (Å²) < 4.78 is 8.88. The third-order valence-corrected chi connectivity index (χ3v) is 0. The number of phosphoric acid groups is 1. The normalized spacial score (nSPS) is 7.89. The smallest absolute Gasteiger partial charge is 0.444 e. The Morgan fingerprint density at radius 3 is 1.33 bits per heavy atom. The van der Waals surface area contributed by atoms with Crippen molar-refractivity contribution in [3.63, 3.8) is 0 Å². The van der Waals surface area contributed by atoms with Crippen LogP contribution in [0.2, 0.25) is 0 Å². The minimum atomic E-state index is -4.64. The minimum Gasteiger partial charge on any atom is -0.444 e. The van der Waals surface area contributed by atoms with E-state index in [1.54, 1.807) is 0 Å². The summed E-state index contributed by atoms with van der Waals surface area (Å²) in [6.45, 7) is 0. The molecule has 0 aliphatic heterocycles. The van der Waals surface area contributed by atoms with Crippen LogP contribution in [0.4, 0.5) is 0 Å². The van der Waals surface area contributed by atoms with Gasteiger partial charge in [0, 0.05) is 0 Å². The van der Waals surface area contributed by atoms with Crippen molar-refractivity contribution in [1.29, 1.82) is 0 Å². The average Bonchev–Trinajstić information content (AvgIpc) is 1.27. The van der Waals surface area contributed by atoms with E-state index in [0.29, 0.717) is 0 Å². The molecule has 0 spiro atoms. The molecule has 0 amide bonds. The van der Waals surface area contributed by atoms with E-state index in [2.05, 4.69) is 0 Å². The van der Waals surface area contributed by atoms with Gasteiger partial charge in [-0.05, 0) is 0 Å². The predicted octanol–water partition coefficient (Wildman–Crippen LogP) is -3.67. The molecule has 0 rings (SSSR count). The molecule has 50 valence electrons. The zero-order chi connectivity index (χ0) is 7.21. The predicted molar refractivity (Wildman–Crippen MR) is 23.4 cm³/mol. The Labute approximate surface area is 72.2 Å². The van der Waals surface area contributed by atoms with Gasteiger partial charge in [0.15, 0.2) is 0 Å². The maximum absolute atomic E-state index is 8.88. The van der Waals surface area contributed by atoms with Crippen molar-refractivity contribution >= 4 is 7.82 Å². The minimum absolute atomic E-state index is 0. The van der Waals surface area contributed by atoms with Crippen LogP contribution in [-0.2, 0) is 4.57 Å². The number of nitrogens with zero attached hydrogens (tertiary/aromatic N) is 1. The van der Waals surface area contributed by atoms with Crippen molar-refractivity contribution in [3.8, 4) is 0 Å². The Balaban J connectivity index is -0.0000000800. The van der Waals surface area contributed by atoms with E-state index in [4.69, 9.17) is 29.4 Å². The third kappa shape index (κ3) is 1390. The van der Waals surface area contributed by atoms with Gasteiger partial charge in [-0.2, -0.15) is 0 Å². The first-order valence-electron chi connectivity index (χ1n) is 1.15. The number of hydrogen-bond acceptors (Lipinski definition) is 4. The van der Waals surface area contributed by atoms with Crippen LogP contribution in [0, 0.1) is 10.1 Å². The molecule has 0 saturated heterocycles. The SMILES string of the molecule is O=N[O-].O=P(O)(O)O.[Na+]. The van der Waals surface area contributed by atoms with Crippen molar-refractivity contribution in [2.45, 2.75) is 0 Å². The van der Waals surface area contributed by atoms with E-state index < -0.39 is 7.82 Å². The Hall–Kier alpha value is 0.510. The molecule has 0 fully saturated rings. The summed E-state index contributed by atoms with van der Waals surface area (Å²) >= 11 is 0. The van der Waals surface area contributed by atoms with Crippen molar-refractivity contribution in [2.24, 2.45) is 5.34 Å². The molecule has 0 aliphatic carbocycles. The largest absolute Gasteiger partial charge is 1.00 e. The zero-order valence-corrected chi connectivity index (χ0v) is 7.36. The summed E-state index contributed by atoms with van der Waals surface area (Å²) in [5.74, 6) is 0. The van der Waals surface area contributed by atoms with E-state index in [1.165, 1.54) is 0 Å². The summed E-state index contributed by atoms with van der Waals surface area (Å²) in [6, 6.07) is 0. The van der Waals surface area contributed by atoms with Crippen LogP contribution in [0.15, 0.2) is 5.34 Å². The second kappa shape index (κ2) is 8.51. The van der Waals surface area contributed by atoms with Crippen LogP contribution < -0.4 is 29.6 Å². The monoisotopic (exact) mass is 167 g/mol. The molecule has 0 aromatic carbocycles. The first-order valence-corrected chi connectivity index (χ1v) is 2.71. The fourth-order valence-corrected chi connectivity index (χ4v) is 0. The number of hydrogen-bond donors (Lipinski definition) is 3. The molecule has 9 heavy (non-hydrogen) atoms. The Morgan fingerprint density at radius 1 is 1.33 bits per heavy atom. The van der Waals surface area contributed by atoms with E-state index in [-0.39, 0.29) is 29.6 Å². The molecular weight excluding hydrogens is 164 g/mol. The van der Waals surface area contributed by atoms with Crippen LogP contribution in [0.25, 0.3) is 0 Å². The molecule has 0 bridgehead atoms. The molecule has 0 aromatic heterocycles. The molecule has 3 N–H and O–H groups in total. The Bertz CT molecular complexity index is 87.0. The van der Waals surface area contributed by atoms with E-state index in [1.807, 2.05) is 0 Å². The van der Waals surface area contributed by atoms with Gasteiger partial charge in [-0.3, -0.25) is 0 Å². The average molecular weight is 167 g/mol. The molecule has 0 unspecified atom stereocenters. The molecule has 0 aromatic rings. The molecule has 0 atom stereocenters. The van der Waals surface area contributed by atoms with Crippen molar-refractivity contribution in [2.75, 3.05) is 0 Å². The first kappa shape index (κ1) is 16.3. The van der Waals surface area contributed by atoms with Gasteiger partial charge in [-0.25, -0.2) is 4.57 Å². The maximum Gasteiger partial charge on any atom is 1.00 e. The molecule has 0 radical (unpaired) electrons. The van der Waals surface area contributed by atoms with Crippen molar-refractivity contribution < 1.29 is 48.8 Å².